The minimum absolute atomic E-state index is 0.150. The molecule has 1 aliphatic carbocycles. The molecular formula is C11H22N2O2. The highest BCUT2D eigenvalue weighted by atomic mass is 16.7. The lowest BCUT2D eigenvalue weighted by Crippen LogP contribution is -2.56. The van der Waals surface area contributed by atoms with E-state index in [0.29, 0.717) is 26.3 Å². The molecule has 1 saturated carbocycles. The zero-order valence-corrected chi connectivity index (χ0v) is 9.34. The van der Waals surface area contributed by atoms with Crippen LogP contribution in [-0.2, 0) is 9.47 Å². The Hall–Kier alpha value is -0.160. The summed E-state index contributed by atoms with van der Waals surface area (Å²) in [4.78, 5) is 0. The molecular weight excluding hydrogens is 192 g/mol. The quantitative estimate of drug-likeness (QED) is 0.706. The van der Waals surface area contributed by atoms with Gasteiger partial charge in [0.05, 0.1) is 13.2 Å². The maximum atomic E-state index is 5.92. The predicted molar refractivity (Wildman–Crippen MR) is 58.3 cm³/mol. The topological polar surface area (TPSA) is 70.5 Å². The lowest BCUT2D eigenvalue weighted by Gasteiger charge is -2.47. The van der Waals surface area contributed by atoms with Gasteiger partial charge in [0.1, 0.15) is 0 Å². The number of nitrogens with two attached hydrogens (primary N) is 2. The summed E-state index contributed by atoms with van der Waals surface area (Å²) in [5.41, 5.74) is 11.3. The Morgan fingerprint density at radius 3 is 1.87 bits per heavy atom. The normalized spacial score (nSPS) is 29.2. The Kier molecular flexibility index (Phi) is 3.30. The van der Waals surface area contributed by atoms with Crippen LogP contribution in [0.3, 0.4) is 0 Å². The summed E-state index contributed by atoms with van der Waals surface area (Å²) >= 11 is 0. The standard InChI is InChI=1S/C11H22N2O2/c12-6-10(7-13)8-14-11(15-9-10)4-2-1-3-5-11/h1-9,12-13H2. The Morgan fingerprint density at radius 2 is 1.40 bits per heavy atom. The van der Waals surface area contributed by atoms with Gasteiger partial charge in [0, 0.05) is 31.3 Å². The van der Waals surface area contributed by atoms with Gasteiger partial charge in [-0.3, -0.25) is 0 Å². The molecule has 1 heterocycles. The molecule has 2 rings (SSSR count). The molecule has 0 radical (unpaired) electrons. The summed E-state index contributed by atoms with van der Waals surface area (Å²) in [5.74, 6) is -0.300. The Morgan fingerprint density at radius 1 is 0.867 bits per heavy atom. The first-order valence-corrected chi connectivity index (χ1v) is 5.92. The van der Waals surface area contributed by atoms with Crippen LogP contribution >= 0.6 is 0 Å². The van der Waals surface area contributed by atoms with Crippen molar-refractivity contribution in [3.63, 3.8) is 0 Å². The molecule has 0 unspecified atom stereocenters. The zero-order chi connectivity index (χ0) is 10.8. The molecule has 0 amide bonds. The van der Waals surface area contributed by atoms with Crippen LogP contribution in [0.1, 0.15) is 32.1 Å². The van der Waals surface area contributed by atoms with Crippen molar-refractivity contribution >= 4 is 0 Å². The van der Waals surface area contributed by atoms with Gasteiger partial charge in [-0.25, -0.2) is 0 Å². The molecule has 88 valence electrons. The molecule has 0 aromatic rings. The average Bonchev–Trinajstić information content (AvgIpc) is 2.32. The van der Waals surface area contributed by atoms with E-state index in [1.165, 1.54) is 19.3 Å². The van der Waals surface area contributed by atoms with E-state index in [2.05, 4.69) is 0 Å². The summed E-state index contributed by atoms with van der Waals surface area (Å²) in [6.45, 7) is 2.39. The van der Waals surface area contributed by atoms with Gasteiger partial charge in [-0.2, -0.15) is 0 Å². The fourth-order valence-corrected chi connectivity index (χ4v) is 2.35. The van der Waals surface area contributed by atoms with E-state index in [-0.39, 0.29) is 11.2 Å². The number of hydrogen-bond acceptors (Lipinski definition) is 4. The molecule has 1 spiro atoms. The van der Waals surface area contributed by atoms with E-state index in [1.807, 2.05) is 0 Å². The predicted octanol–water partition coefficient (Wildman–Crippen LogP) is 0.597. The molecule has 0 bridgehead atoms. The summed E-state index contributed by atoms with van der Waals surface area (Å²) in [7, 11) is 0. The number of hydrogen-bond donors (Lipinski definition) is 2. The van der Waals surface area contributed by atoms with Crippen LogP contribution in [0, 0.1) is 5.41 Å². The molecule has 4 heteroatoms. The molecule has 0 atom stereocenters. The van der Waals surface area contributed by atoms with Gasteiger partial charge in [-0.05, 0) is 12.8 Å². The van der Waals surface area contributed by atoms with Crippen LogP contribution in [0.4, 0.5) is 0 Å². The fraction of sp³-hybridized carbons (Fsp3) is 1.00. The van der Waals surface area contributed by atoms with Gasteiger partial charge >= 0.3 is 0 Å². The smallest absolute Gasteiger partial charge is 0.168 e. The van der Waals surface area contributed by atoms with Crippen LogP contribution in [0.15, 0.2) is 0 Å². The van der Waals surface area contributed by atoms with Crippen LogP contribution in [0.2, 0.25) is 0 Å². The largest absolute Gasteiger partial charge is 0.349 e. The van der Waals surface area contributed by atoms with Gasteiger partial charge in [0.15, 0.2) is 5.79 Å². The fourth-order valence-electron chi connectivity index (χ4n) is 2.35. The molecule has 1 aliphatic heterocycles. The molecule has 2 aliphatic rings. The van der Waals surface area contributed by atoms with Crippen molar-refractivity contribution in [2.45, 2.75) is 37.9 Å². The lowest BCUT2D eigenvalue weighted by atomic mass is 9.86. The Balaban J connectivity index is 1.95. The van der Waals surface area contributed by atoms with E-state index in [1.54, 1.807) is 0 Å². The van der Waals surface area contributed by atoms with Gasteiger partial charge in [-0.15, -0.1) is 0 Å². The van der Waals surface area contributed by atoms with Gasteiger partial charge < -0.3 is 20.9 Å². The molecule has 0 aromatic carbocycles. The first-order chi connectivity index (χ1) is 7.24. The second-order valence-corrected chi connectivity index (χ2v) is 4.96. The molecule has 0 aromatic heterocycles. The van der Waals surface area contributed by atoms with Gasteiger partial charge in [0.2, 0.25) is 0 Å². The highest BCUT2D eigenvalue weighted by molar-refractivity contribution is 4.88. The van der Waals surface area contributed by atoms with Crippen molar-refractivity contribution in [1.29, 1.82) is 0 Å². The van der Waals surface area contributed by atoms with Crippen LogP contribution in [0.25, 0.3) is 0 Å². The SMILES string of the molecule is NCC1(CN)COC2(CCCCC2)OC1. The Labute approximate surface area is 91.3 Å². The minimum Gasteiger partial charge on any atom is -0.349 e. The van der Waals surface area contributed by atoms with Crippen LogP contribution in [-0.4, -0.2) is 32.1 Å². The lowest BCUT2D eigenvalue weighted by molar-refractivity contribution is -0.311. The van der Waals surface area contributed by atoms with Crippen molar-refractivity contribution < 1.29 is 9.47 Å². The van der Waals surface area contributed by atoms with Crippen molar-refractivity contribution in [3.05, 3.63) is 0 Å². The average molecular weight is 214 g/mol. The van der Waals surface area contributed by atoms with E-state index < -0.39 is 0 Å². The maximum Gasteiger partial charge on any atom is 0.168 e. The van der Waals surface area contributed by atoms with Crippen LogP contribution < -0.4 is 11.5 Å². The second-order valence-electron chi connectivity index (χ2n) is 4.96. The summed E-state index contributed by atoms with van der Waals surface area (Å²) in [6, 6.07) is 0. The van der Waals surface area contributed by atoms with E-state index in [9.17, 15) is 0 Å². The highest BCUT2D eigenvalue weighted by Gasteiger charge is 2.43. The summed E-state index contributed by atoms with van der Waals surface area (Å²) in [6.07, 6.45) is 5.76. The first-order valence-electron chi connectivity index (χ1n) is 5.92. The number of rotatable bonds is 2. The molecule has 4 N–H and O–H groups in total. The number of ether oxygens (including phenoxy) is 2. The van der Waals surface area contributed by atoms with E-state index in [4.69, 9.17) is 20.9 Å². The molecule has 1 saturated heterocycles. The van der Waals surface area contributed by atoms with Crippen molar-refractivity contribution in [2.75, 3.05) is 26.3 Å². The van der Waals surface area contributed by atoms with E-state index >= 15 is 0 Å². The maximum absolute atomic E-state index is 5.92. The summed E-state index contributed by atoms with van der Waals surface area (Å²) < 4.78 is 11.8. The van der Waals surface area contributed by atoms with Crippen molar-refractivity contribution in [2.24, 2.45) is 16.9 Å². The summed E-state index contributed by atoms with van der Waals surface area (Å²) in [5, 5.41) is 0. The van der Waals surface area contributed by atoms with Crippen molar-refractivity contribution in [3.8, 4) is 0 Å². The highest BCUT2D eigenvalue weighted by Crippen LogP contribution is 2.38. The third kappa shape index (κ3) is 2.18. The molecule has 15 heavy (non-hydrogen) atoms. The van der Waals surface area contributed by atoms with Crippen molar-refractivity contribution in [1.82, 2.24) is 0 Å². The van der Waals surface area contributed by atoms with E-state index in [0.717, 1.165) is 12.8 Å². The second kappa shape index (κ2) is 4.37. The monoisotopic (exact) mass is 214 g/mol. The molecule has 4 nitrogen and oxygen atoms in total. The zero-order valence-electron chi connectivity index (χ0n) is 9.34. The van der Waals surface area contributed by atoms with Gasteiger partial charge in [0.25, 0.3) is 0 Å². The van der Waals surface area contributed by atoms with Crippen LogP contribution in [0.5, 0.6) is 0 Å². The third-order valence-electron chi connectivity index (χ3n) is 3.76. The minimum atomic E-state index is -0.300. The Bertz CT molecular complexity index is 199. The molecule has 2 fully saturated rings. The first kappa shape index (κ1) is 11.3. The third-order valence-corrected chi connectivity index (χ3v) is 3.76. The van der Waals surface area contributed by atoms with Gasteiger partial charge in [-0.1, -0.05) is 6.42 Å².